The van der Waals surface area contributed by atoms with Crippen molar-refractivity contribution in [3.05, 3.63) is 83.7 Å². The van der Waals surface area contributed by atoms with E-state index < -0.39 is 42.0 Å². The third kappa shape index (κ3) is 14.8. The minimum absolute atomic E-state index is 0.00321. The lowest BCUT2D eigenvalue weighted by Gasteiger charge is -2.59. The van der Waals surface area contributed by atoms with Gasteiger partial charge in [-0.2, -0.15) is 0 Å². The largest absolute Gasteiger partial charge is 0.459 e. The van der Waals surface area contributed by atoms with Gasteiger partial charge >= 0.3 is 12.2 Å². The van der Waals surface area contributed by atoms with Gasteiger partial charge in [-0.25, -0.2) is 14.0 Å². The molecule has 2 aromatic rings. The average molecular weight is 962 g/mol. The Hall–Kier alpha value is -4.50. The summed E-state index contributed by atoms with van der Waals surface area (Å²) < 4.78 is 47.0. The number of oxime groups is 1. The van der Waals surface area contributed by atoms with Gasteiger partial charge in [0.15, 0.2) is 0 Å². The number of aliphatic hydroxyl groups is 2. The maximum absolute atomic E-state index is 15.0. The molecule has 1 saturated heterocycles. The van der Waals surface area contributed by atoms with Crippen molar-refractivity contribution in [2.24, 2.45) is 22.9 Å². The molecule has 13 nitrogen and oxygen atoms in total. The van der Waals surface area contributed by atoms with Crippen molar-refractivity contribution < 1.29 is 52.7 Å². The summed E-state index contributed by atoms with van der Waals surface area (Å²) in [6.07, 6.45) is 20.7. The Morgan fingerprint density at radius 1 is 0.928 bits per heavy atom. The third-order valence-corrected chi connectivity index (χ3v) is 14.2. The highest BCUT2D eigenvalue weighted by molar-refractivity contribution is 6.03. The molecule has 14 heteroatoms. The zero-order valence-electron chi connectivity index (χ0n) is 41.4. The molecule has 1 saturated carbocycles. The van der Waals surface area contributed by atoms with Crippen LogP contribution in [0.5, 0.6) is 11.5 Å². The van der Waals surface area contributed by atoms with Gasteiger partial charge < -0.3 is 44.1 Å². The second kappa shape index (κ2) is 28.4. The second-order valence-electron chi connectivity index (χ2n) is 19.1. The van der Waals surface area contributed by atoms with Gasteiger partial charge in [-0.1, -0.05) is 107 Å². The van der Waals surface area contributed by atoms with Crippen LogP contribution >= 0.6 is 0 Å². The lowest BCUT2D eigenvalue weighted by Crippen LogP contribution is -2.70. The number of carbonyl (C=O) groups excluding carboxylic acids is 2. The lowest BCUT2D eigenvalue weighted by molar-refractivity contribution is -0.256. The first-order valence-corrected chi connectivity index (χ1v) is 26.3. The molecule has 2 aliphatic heterocycles. The highest BCUT2D eigenvalue weighted by Gasteiger charge is 2.66. The van der Waals surface area contributed by atoms with Gasteiger partial charge in [0.05, 0.1) is 31.5 Å². The number of amides is 2. The first kappa shape index (κ1) is 53.8. The number of hydrogen-bond acceptors (Lipinski definition) is 11. The van der Waals surface area contributed by atoms with Crippen molar-refractivity contribution in [1.29, 1.82) is 0 Å². The van der Waals surface area contributed by atoms with Crippen molar-refractivity contribution in [3.63, 3.8) is 0 Å². The van der Waals surface area contributed by atoms with Gasteiger partial charge in [0, 0.05) is 50.6 Å². The van der Waals surface area contributed by atoms with Crippen LogP contribution in [0.4, 0.5) is 14.0 Å². The predicted octanol–water partition coefficient (Wildman–Crippen LogP) is 11.7. The molecule has 0 radical (unpaired) electrons. The maximum atomic E-state index is 15.0. The van der Waals surface area contributed by atoms with Crippen molar-refractivity contribution >= 4 is 17.9 Å². The molecule has 2 amide bonds. The fourth-order valence-corrected chi connectivity index (χ4v) is 10.8. The number of rotatable bonds is 29. The Morgan fingerprint density at radius 2 is 1.65 bits per heavy atom. The van der Waals surface area contributed by atoms with E-state index in [4.69, 9.17) is 33.7 Å². The van der Waals surface area contributed by atoms with E-state index in [1.165, 1.54) is 50.7 Å². The first-order chi connectivity index (χ1) is 33.8. The number of aliphatic hydroxyl groups excluding tert-OH is 2. The third-order valence-electron chi connectivity index (χ3n) is 14.2. The maximum Gasteiger partial charge on any atom is 0.412 e. The number of nitrogens with zero attached hydrogens (tertiary/aromatic N) is 2. The van der Waals surface area contributed by atoms with Crippen molar-refractivity contribution in [2.45, 2.75) is 173 Å². The van der Waals surface area contributed by atoms with Crippen LogP contribution in [0.25, 0.3) is 0 Å². The molecule has 7 unspecified atom stereocenters. The molecule has 3 N–H and O–H groups in total. The lowest BCUT2D eigenvalue weighted by atomic mass is 9.55. The summed E-state index contributed by atoms with van der Waals surface area (Å²) in [7, 11) is 0. The van der Waals surface area contributed by atoms with Crippen molar-refractivity contribution in [2.75, 3.05) is 39.6 Å². The van der Waals surface area contributed by atoms with Gasteiger partial charge in [-0.3, -0.25) is 4.90 Å². The van der Waals surface area contributed by atoms with E-state index in [-0.39, 0.29) is 57.1 Å². The molecule has 0 bridgehead atoms. The highest BCUT2D eigenvalue weighted by Crippen LogP contribution is 2.62. The van der Waals surface area contributed by atoms with Gasteiger partial charge in [0.2, 0.25) is 12.1 Å². The van der Waals surface area contributed by atoms with Crippen LogP contribution in [0.3, 0.4) is 0 Å². The fraction of sp³-hybridized carbons (Fsp3) is 0.655. The zero-order valence-corrected chi connectivity index (χ0v) is 41.4. The molecule has 382 valence electrons. The van der Waals surface area contributed by atoms with E-state index in [1.54, 1.807) is 35.2 Å². The molecule has 69 heavy (non-hydrogen) atoms. The zero-order chi connectivity index (χ0) is 48.9. The van der Waals surface area contributed by atoms with E-state index in [1.807, 2.05) is 13.0 Å². The molecular weight excluding hydrogens is 882 g/mol. The molecule has 2 fully saturated rings. The van der Waals surface area contributed by atoms with Crippen molar-refractivity contribution in [1.82, 2.24) is 10.2 Å². The summed E-state index contributed by atoms with van der Waals surface area (Å²) in [6.45, 7) is 9.54. The summed E-state index contributed by atoms with van der Waals surface area (Å²) in [4.78, 5) is 35.8. The standard InChI is InChI=1S/C55H80FN3O10/c1-4-7-8-9-10-11-12-13-14-20-35-65-54(63)59(39-40-25-27-42(56)28-26-40)49-38-47(58-69-50-24-17-21-34-64-50)45-36-41(22-15-18-31-60)44(23-16-19-32-61)51-46-37-43(67-53(62)57-6-3)29-30-48(46)68-55(49,52(45)51)66-33-5-2/h5,25-30,36-37,41,44,49-52,60-61H,2,4,6-24,31-35,38-39H2,1,3H3,(H,57,62). The van der Waals surface area contributed by atoms with Gasteiger partial charge in [0.1, 0.15) is 23.4 Å². The van der Waals surface area contributed by atoms with Gasteiger partial charge in [-0.05, 0) is 105 Å². The van der Waals surface area contributed by atoms with Gasteiger partial charge in [-0.15, -0.1) is 6.58 Å². The number of ether oxygens (including phenoxy) is 5. The number of unbranched alkanes of at least 4 members (excludes halogenated alkanes) is 11. The quantitative estimate of drug-likeness (QED) is 0.0407. The topological polar surface area (TPSA) is 158 Å². The number of hydrogen-bond donors (Lipinski definition) is 3. The van der Waals surface area contributed by atoms with Gasteiger partial charge in [0.25, 0.3) is 0 Å². The number of nitrogens with one attached hydrogen (secondary N) is 1. The molecule has 7 atom stereocenters. The monoisotopic (exact) mass is 962 g/mol. The van der Waals surface area contributed by atoms with Crippen LogP contribution in [0, 0.1) is 23.6 Å². The Kier molecular flexibility index (Phi) is 22.1. The van der Waals surface area contributed by atoms with Crippen LogP contribution < -0.4 is 14.8 Å². The minimum atomic E-state index is -1.55. The van der Waals surface area contributed by atoms with E-state index >= 15 is 4.79 Å². The summed E-state index contributed by atoms with van der Waals surface area (Å²) in [6, 6.07) is 10.6. The first-order valence-electron chi connectivity index (χ1n) is 26.3. The summed E-state index contributed by atoms with van der Waals surface area (Å²) in [5.41, 5.74) is 2.99. The van der Waals surface area contributed by atoms with Crippen molar-refractivity contribution in [3.8, 4) is 11.5 Å². The Labute approximate surface area is 410 Å². The second-order valence-corrected chi connectivity index (χ2v) is 19.1. The minimum Gasteiger partial charge on any atom is -0.459 e. The molecular formula is C55H80FN3O10. The SMILES string of the molecule is C=CCOC12Oc3ccc(OC(=O)NCC)cc3C3C(CCCCO)C(CCCCO)C=C(C(=NOC4CCCCO4)CC1N(Cc1ccc(F)cc1)C(=O)OCCCCCCCCCCCC)C32. The fourth-order valence-electron chi connectivity index (χ4n) is 10.8. The number of carbonyl (C=O) groups is 2. The normalized spacial score (nSPS) is 24.3. The number of halogens is 1. The van der Waals surface area contributed by atoms with E-state index in [0.29, 0.717) is 61.6 Å². The molecule has 2 aliphatic carbocycles. The van der Waals surface area contributed by atoms with Crippen LogP contribution in [-0.2, 0) is 25.6 Å². The average Bonchev–Trinajstić information content (AvgIpc) is 3.35. The Morgan fingerprint density at radius 3 is 2.33 bits per heavy atom. The predicted molar refractivity (Wildman–Crippen MR) is 264 cm³/mol. The molecule has 6 rings (SSSR count). The Bertz CT molecular complexity index is 1960. The van der Waals surface area contributed by atoms with Crippen LogP contribution in [0.15, 0.2) is 71.9 Å². The van der Waals surface area contributed by atoms with E-state index in [2.05, 4.69) is 24.9 Å². The number of allylic oxidation sites excluding steroid dienone is 1. The van der Waals surface area contributed by atoms with Crippen LogP contribution in [-0.4, -0.2) is 90.7 Å². The summed E-state index contributed by atoms with van der Waals surface area (Å²) >= 11 is 0. The van der Waals surface area contributed by atoms with Crippen LogP contribution in [0.1, 0.15) is 159 Å². The molecule has 2 aromatic carbocycles. The highest BCUT2D eigenvalue weighted by atomic mass is 19.1. The summed E-state index contributed by atoms with van der Waals surface area (Å²) in [5, 5.41) is 27.7. The molecule has 2 heterocycles. The molecule has 0 aromatic heterocycles. The Balaban J connectivity index is 1.47. The van der Waals surface area contributed by atoms with E-state index in [9.17, 15) is 19.4 Å². The van der Waals surface area contributed by atoms with E-state index in [0.717, 1.165) is 68.9 Å². The number of benzene rings is 2. The smallest absolute Gasteiger partial charge is 0.412 e. The summed E-state index contributed by atoms with van der Waals surface area (Å²) in [5.74, 6) is -2.08. The number of fused-ring (bicyclic) bond motifs is 2. The van der Waals surface area contributed by atoms with Crippen LogP contribution in [0.2, 0.25) is 0 Å². The molecule has 0 spiro atoms. The molecule has 4 aliphatic rings.